The summed E-state index contributed by atoms with van der Waals surface area (Å²) >= 11 is 3.39. The van der Waals surface area contributed by atoms with Crippen LogP contribution in [0.3, 0.4) is 0 Å². The number of aryl methyl sites for hydroxylation is 2. The predicted octanol–water partition coefficient (Wildman–Crippen LogP) is 3.11. The van der Waals surface area contributed by atoms with Crippen molar-refractivity contribution in [2.24, 2.45) is 0 Å². The van der Waals surface area contributed by atoms with Crippen molar-refractivity contribution in [1.29, 1.82) is 0 Å². The number of aromatic nitrogens is 2. The van der Waals surface area contributed by atoms with Crippen LogP contribution in [0.5, 0.6) is 0 Å². The third-order valence-corrected chi connectivity index (χ3v) is 3.08. The van der Waals surface area contributed by atoms with Gasteiger partial charge in [-0.2, -0.15) is 0 Å². The van der Waals surface area contributed by atoms with Gasteiger partial charge < -0.3 is 5.32 Å². The molecule has 0 fully saturated rings. The van der Waals surface area contributed by atoms with E-state index in [1.807, 2.05) is 32.0 Å². The van der Waals surface area contributed by atoms with E-state index in [1.165, 1.54) is 6.20 Å². The first kappa shape index (κ1) is 12.7. The smallest absolute Gasteiger partial charge is 0.275 e. The summed E-state index contributed by atoms with van der Waals surface area (Å²) in [5.74, 6) is -0.270. The van der Waals surface area contributed by atoms with Gasteiger partial charge in [0.2, 0.25) is 0 Å². The normalized spacial score (nSPS) is 10.2. The number of carbonyl (C=O) groups is 1. The summed E-state index contributed by atoms with van der Waals surface area (Å²) in [6.07, 6.45) is 3.04. The average Bonchev–Trinajstić information content (AvgIpc) is 2.34. The molecule has 2 aromatic rings. The van der Waals surface area contributed by atoms with Crippen molar-refractivity contribution in [1.82, 2.24) is 9.97 Å². The maximum absolute atomic E-state index is 12.0. The van der Waals surface area contributed by atoms with Crippen molar-refractivity contribution >= 4 is 27.5 Å². The number of amides is 1. The van der Waals surface area contributed by atoms with Crippen LogP contribution in [-0.4, -0.2) is 15.9 Å². The highest BCUT2D eigenvalue weighted by Gasteiger charge is 2.09. The van der Waals surface area contributed by atoms with Crippen LogP contribution in [0.1, 0.15) is 21.7 Å². The summed E-state index contributed by atoms with van der Waals surface area (Å²) in [7, 11) is 0. The molecule has 0 unspecified atom stereocenters. The van der Waals surface area contributed by atoms with Gasteiger partial charge in [0.25, 0.3) is 5.91 Å². The van der Waals surface area contributed by atoms with Crippen LogP contribution >= 0.6 is 15.9 Å². The standard InChI is InChI=1S/C13H12BrN3O/c1-8-3-4-10(14)11(5-8)17-13(18)12-7-15-9(2)6-16-12/h3-7H,1-2H3,(H,17,18). The number of anilines is 1. The first-order valence-electron chi connectivity index (χ1n) is 5.42. The molecule has 5 heteroatoms. The Morgan fingerprint density at radius 3 is 2.67 bits per heavy atom. The summed E-state index contributed by atoms with van der Waals surface area (Å²) in [6.45, 7) is 3.79. The van der Waals surface area contributed by atoms with Crippen molar-refractivity contribution in [3.63, 3.8) is 0 Å². The number of hydrogen-bond acceptors (Lipinski definition) is 3. The van der Waals surface area contributed by atoms with E-state index in [0.29, 0.717) is 5.69 Å². The third kappa shape index (κ3) is 2.92. The van der Waals surface area contributed by atoms with E-state index in [1.54, 1.807) is 6.20 Å². The van der Waals surface area contributed by atoms with E-state index in [9.17, 15) is 4.79 Å². The molecule has 1 aromatic heterocycles. The fourth-order valence-corrected chi connectivity index (χ4v) is 1.78. The number of hydrogen-bond donors (Lipinski definition) is 1. The van der Waals surface area contributed by atoms with E-state index in [-0.39, 0.29) is 5.91 Å². The number of nitrogens with one attached hydrogen (secondary N) is 1. The van der Waals surface area contributed by atoms with Gasteiger partial charge in [-0.25, -0.2) is 4.98 Å². The van der Waals surface area contributed by atoms with Crippen LogP contribution in [-0.2, 0) is 0 Å². The first-order valence-corrected chi connectivity index (χ1v) is 6.22. The number of rotatable bonds is 2. The van der Waals surface area contributed by atoms with Crippen molar-refractivity contribution in [2.75, 3.05) is 5.32 Å². The second-order valence-electron chi connectivity index (χ2n) is 3.98. The Morgan fingerprint density at radius 1 is 1.22 bits per heavy atom. The minimum Gasteiger partial charge on any atom is -0.320 e. The zero-order valence-corrected chi connectivity index (χ0v) is 11.7. The summed E-state index contributed by atoms with van der Waals surface area (Å²) in [4.78, 5) is 20.0. The lowest BCUT2D eigenvalue weighted by Gasteiger charge is -2.07. The predicted molar refractivity (Wildman–Crippen MR) is 73.6 cm³/mol. The molecule has 0 bridgehead atoms. The van der Waals surface area contributed by atoms with Crippen molar-refractivity contribution < 1.29 is 4.79 Å². The highest BCUT2D eigenvalue weighted by atomic mass is 79.9. The molecule has 4 nitrogen and oxygen atoms in total. The van der Waals surface area contributed by atoms with Crippen molar-refractivity contribution in [3.8, 4) is 0 Å². The van der Waals surface area contributed by atoms with E-state index in [0.717, 1.165) is 21.4 Å². The lowest BCUT2D eigenvalue weighted by molar-refractivity contribution is 0.102. The van der Waals surface area contributed by atoms with E-state index in [2.05, 4.69) is 31.2 Å². The number of nitrogens with zero attached hydrogens (tertiary/aromatic N) is 2. The summed E-state index contributed by atoms with van der Waals surface area (Å²) in [5.41, 5.74) is 2.88. The van der Waals surface area contributed by atoms with Crippen LogP contribution in [0.4, 0.5) is 5.69 Å². The van der Waals surface area contributed by atoms with Gasteiger partial charge in [0.1, 0.15) is 5.69 Å². The zero-order chi connectivity index (χ0) is 13.1. The molecule has 0 aliphatic rings. The van der Waals surface area contributed by atoms with Gasteiger partial charge in [0.05, 0.1) is 17.6 Å². The summed E-state index contributed by atoms with van der Waals surface area (Å²) in [5, 5.41) is 2.80. The van der Waals surface area contributed by atoms with E-state index < -0.39 is 0 Å². The number of benzene rings is 1. The molecule has 0 radical (unpaired) electrons. The Labute approximate surface area is 114 Å². The quantitative estimate of drug-likeness (QED) is 0.927. The first-order chi connectivity index (χ1) is 8.56. The SMILES string of the molecule is Cc1ccc(Br)c(NC(=O)c2cnc(C)cn2)c1. The molecule has 0 aliphatic carbocycles. The van der Waals surface area contributed by atoms with Gasteiger partial charge in [0.15, 0.2) is 0 Å². The van der Waals surface area contributed by atoms with Crippen LogP contribution in [0.15, 0.2) is 35.1 Å². The van der Waals surface area contributed by atoms with E-state index >= 15 is 0 Å². The molecule has 92 valence electrons. The second kappa shape index (κ2) is 5.27. The Bertz CT molecular complexity index is 581. The van der Waals surface area contributed by atoms with Gasteiger partial charge in [-0.1, -0.05) is 6.07 Å². The van der Waals surface area contributed by atoms with Crippen molar-refractivity contribution in [3.05, 3.63) is 52.0 Å². The Hall–Kier alpha value is -1.75. The molecule has 0 atom stereocenters. The lowest BCUT2D eigenvalue weighted by Crippen LogP contribution is -2.14. The monoisotopic (exact) mass is 305 g/mol. The molecule has 0 aliphatic heterocycles. The average molecular weight is 306 g/mol. The molecule has 18 heavy (non-hydrogen) atoms. The van der Waals surface area contributed by atoms with Gasteiger partial charge in [0, 0.05) is 10.7 Å². The fraction of sp³-hybridized carbons (Fsp3) is 0.154. The zero-order valence-electron chi connectivity index (χ0n) is 10.1. The number of carbonyl (C=O) groups excluding carboxylic acids is 1. The third-order valence-electron chi connectivity index (χ3n) is 2.38. The molecular weight excluding hydrogens is 294 g/mol. The summed E-state index contributed by atoms with van der Waals surface area (Å²) in [6, 6.07) is 5.75. The summed E-state index contributed by atoms with van der Waals surface area (Å²) < 4.78 is 0.835. The minimum absolute atomic E-state index is 0.270. The van der Waals surface area contributed by atoms with Gasteiger partial charge >= 0.3 is 0 Å². The molecule has 2 rings (SSSR count). The Morgan fingerprint density at radius 2 is 2.00 bits per heavy atom. The second-order valence-corrected chi connectivity index (χ2v) is 4.83. The molecule has 0 spiro atoms. The van der Waals surface area contributed by atoms with Crippen LogP contribution in [0.2, 0.25) is 0 Å². The topological polar surface area (TPSA) is 54.9 Å². The molecular formula is C13H12BrN3O. The molecule has 0 saturated heterocycles. The molecule has 1 aromatic carbocycles. The highest BCUT2D eigenvalue weighted by molar-refractivity contribution is 9.10. The van der Waals surface area contributed by atoms with E-state index in [4.69, 9.17) is 0 Å². The van der Waals surface area contributed by atoms with Crippen molar-refractivity contribution in [2.45, 2.75) is 13.8 Å². The van der Waals surface area contributed by atoms with Crippen LogP contribution in [0.25, 0.3) is 0 Å². The fourth-order valence-electron chi connectivity index (χ4n) is 1.43. The molecule has 1 amide bonds. The largest absolute Gasteiger partial charge is 0.320 e. The minimum atomic E-state index is -0.270. The Balaban J connectivity index is 2.21. The van der Waals surface area contributed by atoms with Crippen LogP contribution in [0, 0.1) is 13.8 Å². The Kier molecular flexibility index (Phi) is 3.72. The molecule has 0 saturated carbocycles. The highest BCUT2D eigenvalue weighted by Crippen LogP contribution is 2.23. The molecule has 1 heterocycles. The van der Waals surface area contributed by atoms with Crippen LogP contribution < -0.4 is 5.32 Å². The van der Waals surface area contributed by atoms with Gasteiger partial charge in [-0.3, -0.25) is 9.78 Å². The van der Waals surface area contributed by atoms with Gasteiger partial charge in [-0.05, 0) is 47.5 Å². The lowest BCUT2D eigenvalue weighted by atomic mass is 10.2. The maximum Gasteiger partial charge on any atom is 0.275 e. The number of halogens is 1. The maximum atomic E-state index is 12.0. The van der Waals surface area contributed by atoms with Gasteiger partial charge in [-0.15, -0.1) is 0 Å². The molecule has 1 N–H and O–H groups in total.